The Balaban J connectivity index is 1.92. The predicted octanol–water partition coefficient (Wildman–Crippen LogP) is 3.42. The second kappa shape index (κ2) is 7.96. The maximum atomic E-state index is 10.5. The highest BCUT2D eigenvalue weighted by Gasteiger charge is 2.20. The van der Waals surface area contributed by atoms with Crippen molar-refractivity contribution >= 4 is 0 Å². The third-order valence-corrected chi connectivity index (χ3v) is 4.11. The fourth-order valence-electron chi connectivity index (χ4n) is 2.86. The molecule has 2 nitrogen and oxygen atoms in total. The van der Waals surface area contributed by atoms with Gasteiger partial charge in [0.25, 0.3) is 0 Å². The SMILES string of the molecule is Cc1ccccc1C(CN)C(O)CCCc1ccccc1. The lowest BCUT2D eigenvalue weighted by molar-refractivity contribution is 0.133. The number of hydrogen-bond acceptors (Lipinski definition) is 2. The number of benzene rings is 2. The topological polar surface area (TPSA) is 46.2 Å². The lowest BCUT2D eigenvalue weighted by Gasteiger charge is -2.23. The first kappa shape index (κ1) is 15.7. The highest BCUT2D eigenvalue weighted by molar-refractivity contribution is 5.30. The van der Waals surface area contributed by atoms with E-state index >= 15 is 0 Å². The van der Waals surface area contributed by atoms with Crippen molar-refractivity contribution in [3.8, 4) is 0 Å². The van der Waals surface area contributed by atoms with E-state index in [1.54, 1.807) is 0 Å². The van der Waals surface area contributed by atoms with Crippen molar-refractivity contribution in [3.63, 3.8) is 0 Å². The Morgan fingerprint density at radius 3 is 2.33 bits per heavy atom. The van der Waals surface area contributed by atoms with E-state index in [1.165, 1.54) is 16.7 Å². The maximum absolute atomic E-state index is 10.5. The molecule has 0 aliphatic carbocycles. The molecule has 0 spiro atoms. The van der Waals surface area contributed by atoms with Gasteiger partial charge in [0.1, 0.15) is 0 Å². The van der Waals surface area contributed by atoms with Crippen LogP contribution in [0.1, 0.15) is 35.4 Å². The molecule has 3 N–H and O–H groups in total. The largest absolute Gasteiger partial charge is 0.392 e. The van der Waals surface area contributed by atoms with E-state index in [0.717, 1.165) is 19.3 Å². The van der Waals surface area contributed by atoms with Gasteiger partial charge in [-0.15, -0.1) is 0 Å². The summed E-state index contributed by atoms with van der Waals surface area (Å²) in [7, 11) is 0. The smallest absolute Gasteiger partial charge is 0.0621 e. The first-order chi connectivity index (χ1) is 10.2. The molecule has 21 heavy (non-hydrogen) atoms. The molecule has 112 valence electrons. The lowest BCUT2D eigenvalue weighted by Crippen LogP contribution is -2.26. The van der Waals surface area contributed by atoms with Gasteiger partial charge in [0.05, 0.1) is 6.10 Å². The van der Waals surface area contributed by atoms with E-state index in [-0.39, 0.29) is 12.0 Å². The van der Waals surface area contributed by atoms with Gasteiger partial charge in [-0.1, -0.05) is 54.6 Å². The average molecular weight is 283 g/mol. The average Bonchev–Trinajstić information content (AvgIpc) is 2.51. The number of aliphatic hydroxyl groups is 1. The van der Waals surface area contributed by atoms with Crippen molar-refractivity contribution in [2.75, 3.05) is 6.54 Å². The summed E-state index contributed by atoms with van der Waals surface area (Å²) in [5, 5.41) is 10.5. The molecular formula is C19H25NO. The van der Waals surface area contributed by atoms with Crippen LogP contribution >= 0.6 is 0 Å². The summed E-state index contributed by atoms with van der Waals surface area (Å²) in [6, 6.07) is 18.6. The molecule has 0 bridgehead atoms. The zero-order valence-electron chi connectivity index (χ0n) is 12.7. The van der Waals surface area contributed by atoms with E-state index < -0.39 is 0 Å². The zero-order valence-corrected chi connectivity index (χ0v) is 12.7. The summed E-state index contributed by atoms with van der Waals surface area (Å²) in [6.45, 7) is 2.56. The van der Waals surface area contributed by atoms with Crippen molar-refractivity contribution in [1.82, 2.24) is 0 Å². The van der Waals surface area contributed by atoms with Crippen LogP contribution in [0.2, 0.25) is 0 Å². The van der Waals surface area contributed by atoms with Crippen LogP contribution in [0.15, 0.2) is 54.6 Å². The summed E-state index contributed by atoms with van der Waals surface area (Å²) in [5.41, 5.74) is 9.60. The molecule has 0 heterocycles. The maximum Gasteiger partial charge on any atom is 0.0621 e. The standard InChI is InChI=1S/C19H25NO/c1-15-8-5-6-12-17(15)18(14-20)19(21)13-7-11-16-9-3-2-4-10-16/h2-6,8-10,12,18-19,21H,7,11,13-14,20H2,1H3. The van der Waals surface area contributed by atoms with Crippen molar-refractivity contribution in [1.29, 1.82) is 0 Å². The monoisotopic (exact) mass is 283 g/mol. The number of aryl methyl sites for hydroxylation is 2. The number of rotatable bonds is 7. The number of nitrogens with two attached hydrogens (primary N) is 1. The molecule has 2 aromatic rings. The molecule has 0 aromatic heterocycles. The van der Waals surface area contributed by atoms with Gasteiger partial charge in [-0.3, -0.25) is 0 Å². The molecule has 2 unspecified atom stereocenters. The van der Waals surface area contributed by atoms with Crippen LogP contribution in [-0.2, 0) is 6.42 Å². The van der Waals surface area contributed by atoms with Crippen LogP contribution in [0.5, 0.6) is 0 Å². The Hall–Kier alpha value is -1.64. The molecule has 0 amide bonds. The van der Waals surface area contributed by atoms with Crippen LogP contribution in [0.25, 0.3) is 0 Å². The minimum absolute atomic E-state index is 0.0296. The zero-order chi connectivity index (χ0) is 15.1. The Morgan fingerprint density at radius 2 is 1.67 bits per heavy atom. The molecule has 2 rings (SSSR count). The molecule has 0 aliphatic heterocycles. The molecule has 0 fully saturated rings. The summed E-state index contributed by atoms with van der Waals surface area (Å²) >= 11 is 0. The molecular weight excluding hydrogens is 258 g/mol. The molecule has 2 atom stereocenters. The van der Waals surface area contributed by atoms with Crippen molar-refractivity contribution in [2.45, 2.75) is 38.2 Å². The van der Waals surface area contributed by atoms with E-state index in [9.17, 15) is 5.11 Å². The van der Waals surface area contributed by atoms with Gasteiger partial charge in [0.15, 0.2) is 0 Å². The van der Waals surface area contributed by atoms with Gasteiger partial charge in [-0.05, 0) is 42.9 Å². The van der Waals surface area contributed by atoms with Crippen LogP contribution in [-0.4, -0.2) is 17.8 Å². The first-order valence-corrected chi connectivity index (χ1v) is 7.70. The summed E-state index contributed by atoms with van der Waals surface area (Å²) < 4.78 is 0. The third kappa shape index (κ3) is 4.42. The predicted molar refractivity (Wildman–Crippen MR) is 88.4 cm³/mol. The van der Waals surface area contributed by atoms with Crippen molar-refractivity contribution in [2.24, 2.45) is 5.73 Å². The van der Waals surface area contributed by atoms with Crippen LogP contribution in [0, 0.1) is 6.92 Å². The minimum atomic E-state index is -0.375. The van der Waals surface area contributed by atoms with Gasteiger partial charge >= 0.3 is 0 Å². The van der Waals surface area contributed by atoms with E-state index in [0.29, 0.717) is 6.54 Å². The quantitative estimate of drug-likeness (QED) is 0.818. The van der Waals surface area contributed by atoms with Crippen LogP contribution in [0.3, 0.4) is 0 Å². The molecule has 2 heteroatoms. The van der Waals surface area contributed by atoms with Crippen LogP contribution < -0.4 is 5.73 Å². The van der Waals surface area contributed by atoms with E-state index in [2.05, 4.69) is 43.3 Å². The molecule has 0 radical (unpaired) electrons. The van der Waals surface area contributed by atoms with Crippen molar-refractivity contribution in [3.05, 3.63) is 71.3 Å². The molecule has 0 saturated heterocycles. The van der Waals surface area contributed by atoms with Gasteiger partial charge in [0.2, 0.25) is 0 Å². The normalized spacial score (nSPS) is 13.9. The minimum Gasteiger partial charge on any atom is -0.392 e. The van der Waals surface area contributed by atoms with E-state index in [4.69, 9.17) is 5.73 Å². The van der Waals surface area contributed by atoms with Crippen molar-refractivity contribution < 1.29 is 5.11 Å². The van der Waals surface area contributed by atoms with Gasteiger partial charge in [-0.25, -0.2) is 0 Å². The van der Waals surface area contributed by atoms with Gasteiger partial charge in [-0.2, -0.15) is 0 Å². The Kier molecular flexibility index (Phi) is 5.97. The van der Waals surface area contributed by atoms with Crippen LogP contribution in [0.4, 0.5) is 0 Å². The summed E-state index contributed by atoms with van der Waals surface area (Å²) in [4.78, 5) is 0. The first-order valence-electron chi connectivity index (χ1n) is 7.70. The van der Waals surface area contributed by atoms with Gasteiger partial charge < -0.3 is 10.8 Å². The molecule has 0 saturated carbocycles. The molecule has 0 aliphatic rings. The third-order valence-electron chi connectivity index (χ3n) is 4.11. The summed E-state index contributed by atoms with van der Waals surface area (Å²) in [5.74, 6) is 0.0296. The molecule has 2 aromatic carbocycles. The fraction of sp³-hybridized carbons (Fsp3) is 0.368. The lowest BCUT2D eigenvalue weighted by atomic mass is 9.87. The number of hydrogen-bond donors (Lipinski definition) is 2. The highest BCUT2D eigenvalue weighted by atomic mass is 16.3. The Bertz CT molecular complexity index is 538. The summed E-state index contributed by atoms with van der Waals surface area (Å²) in [6.07, 6.45) is 2.39. The van der Waals surface area contributed by atoms with E-state index in [1.807, 2.05) is 18.2 Å². The number of aliphatic hydroxyl groups excluding tert-OH is 1. The Labute approximate surface area is 127 Å². The fourth-order valence-corrected chi connectivity index (χ4v) is 2.86. The van der Waals surface area contributed by atoms with Gasteiger partial charge in [0, 0.05) is 12.5 Å². The second-order valence-electron chi connectivity index (χ2n) is 5.64. The Morgan fingerprint density at radius 1 is 1.00 bits per heavy atom. The highest BCUT2D eigenvalue weighted by Crippen LogP contribution is 2.25. The second-order valence-corrected chi connectivity index (χ2v) is 5.64.